The normalized spacial score (nSPS) is 20.8. The molecule has 0 unspecified atom stereocenters. The Hall–Kier alpha value is -1.43. The predicted octanol–water partition coefficient (Wildman–Crippen LogP) is -0.749. The molecule has 2 aliphatic heterocycles. The van der Waals surface area contributed by atoms with Crippen molar-refractivity contribution in [3.8, 4) is 0 Å². The summed E-state index contributed by atoms with van der Waals surface area (Å²) in [5.41, 5.74) is 0. The Morgan fingerprint density at radius 2 is 1.67 bits per heavy atom. The minimum absolute atomic E-state index is 0.151. The van der Waals surface area contributed by atoms with Gasteiger partial charge in [-0.3, -0.25) is 19.7 Å². The van der Waals surface area contributed by atoms with Gasteiger partial charge in [0.05, 0.1) is 0 Å². The van der Waals surface area contributed by atoms with Crippen LogP contribution in [0.4, 0.5) is 0 Å². The van der Waals surface area contributed by atoms with E-state index in [0.29, 0.717) is 13.1 Å². The van der Waals surface area contributed by atoms with Crippen LogP contribution in [0.5, 0.6) is 0 Å². The van der Waals surface area contributed by atoms with E-state index in [1.54, 1.807) is 0 Å². The third-order valence-corrected chi connectivity index (χ3v) is 3.53. The minimum Gasteiger partial charge on any atom is -0.334 e. The van der Waals surface area contributed by atoms with Gasteiger partial charge in [0.15, 0.2) is 0 Å². The molecule has 0 saturated carbocycles. The molecule has 2 fully saturated rings. The first kappa shape index (κ1) is 13.0. The number of carbonyl (C=O) groups excluding carboxylic acids is 3. The van der Waals surface area contributed by atoms with Gasteiger partial charge in [0, 0.05) is 19.0 Å². The average Bonchev–Trinajstić information content (AvgIpc) is 2.92. The van der Waals surface area contributed by atoms with E-state index in [-0.39, 0.29) is 11.8 Å². The summed E-state index contributed by atoms with van der Waals surface area (Å²) in [6.07, 6.45) is 3.30. The van der Waals surface area contributed by atoms with Gasteiger partial charge in [0.2, 0.25) is 5.91 Å². The van der Waals surface area contributed by atoms with E-state index in [4.69, 9.17) is 0 Å². The monoisotopic (exact) mass is 253 g/mol. The molecule has 2 saturated heterocycles. The lowest BCUT2D eigenvalue weighted by atomic mass is 9.97. The molecule has 2 heterocycles. The Morgan fingerprint density at radius 1 is 1.06 bits per heavy atom. The average molecular weight is 253 g/mol. The van der Waals surface area contributed by atoms with Crippen LogP contribution in [0.3, 0.4) is 0 Å². The fourth-order valence-electron chi connectivity index (χ4n) is 2.42. The first-order valence-electron chi connectivity index (χ1n) is 6.53. The SMILES string of the molecule is O=C(NC(=O)C1CCNCC1)C(=O)N1CCCC1. The second kappa shape index (κ2) is 5.95. The van der Waals surface area contributed by atoms with Gasteiger partial charge in [-0.05, 0) is 38.8 Å². The summed E-state index contributed by atoms with van der Waals surface area (Å²) in [6.45, 7) is 2.81. The van der Waals surface area contributed by atoms with Crippen molar-refractivity contribution in [3.05, 3.63) is 0 Å². The molecule has 2 rings (SSSR count). The second-order valence-electron chi connectivity index (χ2n) is 4.84. The van der Waals surface area contributed by atoms with Gasteiger partial charge in [-0.15, -0.1) is 0 Å². The number of piperidine rings is 1. The van der Waals surface area contributed by atoms with Crippen LogP contribution in [0.1, 0.15) is 25.7 Å². The van der Waals surface area contributed by atoms with Gasteiger partial charge in [-0.25, -0.2) is 0 Å². The maximum absolute atomic E-state index is 11.8. The first-order chi connectivity index (χ1) is 8.68. The van der Waals surface area contributed by atoms with E-state index in [1.165, 1.54) is 4.90 Å². The van der Waals surface area contributed by atoms with E-state index in [0.717, 1.165) is 38.8 Å². The maximum atomic E-state index is 11.8. The van der Waals surface area contributed by atoms with Crippen LogP contribution in [0, 0.1) is 5.92 Å². The van der Waals surface area contributed by atoms with Crippen LogP contribution >= 0.6 is 0 Å². The number of likely N-dealkylation sites (tertiary alicyclic amines) is 1. The smallest absolute Gasteiger partial charge is 0.316 e. The molecule has 18 heavy (non-hydrogen) atoms. The number of nitrogens with one attached hydrogen (secondary N) is 2. The van der Waals surface area contributed by atoms with Crippen molar-refractivity contribution in [2.75, 3.05) is 26.2 Å². The van der Waals surface area contributed by atoms with Crippen molar-refractivity contribution < 1.29 is 14.4 Å². The highest BCUT2D eigenvalue weighted by molar-refractivity contribution is 6.37. The van der Waals surface area contributed by atoms with E-state index in [1.807, 2.05) is 0 Å². The topological polar surface area (TPSA) is 78.5 Å². The van der Waals surface area contributed by atoms with Crippen molar-refractivity contribution >= 4 is 17.7 Å². The molecule has 0 radical (unpaired) electrons. The van der Waals surface area contributed by atoms with Crippen molar-refractivity contribution in [1.82, 2.24) is 15.5 Å². The molecular weight excluding hydrogens is 234 g/mol. The van der Waals surface area contributed by atoms with Gasteiger partial charge < -0.3 is 10.2 Å². The van der Waals surface area contributed by atoms with E-state index in [2.05, 4.69) is 10.6 Å². The van der Waals surface area contributed by atoms with Crippen molar-refractivity contribution in [2.45, 2.75) is 25.7 Å². The third-order valence-electron chi connectivity index (χ3n) is 3.53. The lowest BCUT2D eigenvalue weighted by molar-refractivity contribution is -0.147. The zero-order chi connectivity index (χ0) is 13.0. The molecule has 0 aromatic carbocycles. The van der Waals surface area contributed by atoms with Crippen LogP contribution < -0.4 is 10.6 Å². The highest BCUT2D eigenvalue weighted by atomic mass is 16.2. The fraction of sp³-hybridized carbons (Fsp3) is 0.750. The molecule has 3 amide bonds. The summed E-state index contributed by atoms with van der Waals surface area (Å²) in [5, 5.41) is 5.38. The number of rotatable bonds is 1. The molecule has 0 aromatic heterocycles. The first-order valence-corrected chi connectivity index (χ1v) is 6.53. The number of carbonyl (C=O) groups is 3. The molecule has 2 N–H and O–H groups in total. The predicted molar refractivity (Wildman–Crippen MR) is 64.6 cm³/mol. The van der Waals surface area contributed by atoms with Crippen LogP contribution in [0.15, 0.2) is 0 Å². The van der Waals surface area contributed by atoms with Crippen LogP contribution in [-0.4, -0.2) is 48.8 Å². The Kier molecular flexibility index (Phi) is 4.30. The number of imide groups is 1. The summed E-state index contributed by atoms with van der Waals surface area (Å²) in [6, 6.07) is 0. The second-order valence-corrected chi connectivity index (χ2v) is 4.84. The largest absolute Gasteiger partial charge is 0.334 e. The Labute approximate surface area is 106 Å². The summed E-state index contributed by atoms with van der Waals surface area (Å²) in [5.74, 6) is -1.81. The Bertz CT molecular complexity index is 344. The molecule has 2 aliphatic rings. The van der Waals surface area contributed by atoms with Crippen LogP contribution in [0.25, 0.3) is 0 Å². The Balaban J connectivity index is 1.82. The number of nitrogens with zero attached hydrogens (tertiary/aromatic N) is 1. The minimum atomic E-state index is -0.777. The molecule has 100 valence electrons. The number of amides is 3. The molecule has 0 atom stereocenters. The zero-order valence-corrected chi connectivity index (χ0v) is 10.4. The van der Waals surface area contributed by atoms with E-state index < -0.39 is 11.8 Å². The highest BCUT2D eigenvalue weighted by Gasteiger charge is 2.28. The lowest BCUT2D eigenvalue weighted by Gasteiger charge is -2.21. The molecular formula is C12H19N3O3. The fourth-order valence-corrected chi connectivity index (χ4v) is 2.42. The maximum Gasteiger partial charge on any atom is 0.316 e. The van der Waals surface area contributed by atoms with Crippen molar-refractivity contribution in [2.24, 2.45) is 5.92 Å². The molecule has 0 spiro atoms. The zero-order valence-electron chi connectivity index (χ0n) is 10.4. The summed E-state index contributed by atoms with van der Waals surface area (Å²) >= 11 is 0. The van der Waals surface area contributed by atoms with Gasteiger partial charge >= 0.3 is 11.8 Å². The van der Waals surface area contributed by atoms with E-state index >= 15 is 0 Å². The van der Waals surface area contributed by atoms with E-state index in [9.17, 15) is 14.4 Å². The molecule has 6 nitrogen and oxygen atoms in total. The molecule has 0 bridgehead atoms. The summed E-state index contributed by atoms with van der Waals surface area (Å²) in [7, 11) is 0. The van der Waals surface area contributed by atoms with Gasteiger partial charge in [0.25, 0.3) is 0 Å². The lowest BCUT2D eigenvalue weighted by Crippen LogP contribution is -2.47. The van der Waals surface area contributed by atoms with Gasteiger partial charge in [-0.2, -0.15) is 0 Å². The summed E-state index contributed by atoms with van der Waals surface area (Å²) in [4.78, 5) is 36.7. The van der Waals surface area contributed by atoms with Crippen molar-refractivity contribution in [1.29, 1.82) is 0 Å². The molecule has 6 heteroatoms. The third kappa shape index (κ3) is 3.07. The quantitative estimate of drug-likeness (QED) is 0.603. The number of hydrogen-bond donors (Lipinski definition) is 2. The summed E-state index contributed by atoms with van der Waals surface area (Å²) < 4.78 is 0. The number of hydrogen-bond acceptors (Lipinski definition) is 4. The van der Waals surface area contributed by atoms with Crippen LogP contribution in [0.2, 0.25) is 0 Å². The highest BCUT2D eigenvalue weighted by Crippen LogP contribution is 2.12. The van der Waals surface area contributed by atoms with Crippen molar-refractivity contribution in [3.63, 3.8) is 0 Å². The van der Waals surface area contributed by atoms with Gasteiger partial charge in [-0.1, -0.05) is 0 Å². The van der Waals surface area contributed by atoms with Crippen LogP contribution in [-0.2, 0) is 14.4 Å². The molecule has 0 aliphatic carbocycles. The Morgan fingerprint density at radius 3 is 2.28 bits per heavy atom. The molecule has 0 aromatic rings. The standard InChI is InChI=1S/C12H19N3O3/c16-10(9-3-5-13-6-4-9)14-11(17)12(18)15-7-1-2-8-15/h9,13H,1-8H2,(H,14,16,17). The van der Waals surface area contributed by atoms with Gasteiger partial charge in [0.1, 0.15) is 0 Å².